The second-order valence-corrected chi connectivity index (χ2v) is 8.51. The molecule has 0 spiro atoms. The average Bonchev–Trinajstić information content (AvgIpc) is 3.46. The number of unbranched alkanes of at least 4 members (excludes halogenated alkanes) is 1. The number of ether oxygens (including phenoxy) is 1. The van der Waals surface area contributed by atoms with Crippen molar-refractivity contribution in [3.8, 4) is 0 Å². The second-order valence-electron chi connectivity index (χ2n) is 8.51. The van der Waals surface area contributed by atoms with Crippen LogP contribution in [0.25, 0.3) is 11.0 Å². The Labute approximate surface area is 196 Å². The maximum absolute atomic E-state index is 14.8. The Morgan fingerprint density at radius 1 is 1.26 bits per heavy atom. The topological polar surface area (TPSA) is 114 Å². The van der Waals surface area contributed by atoms with Crippen LogP contribution in [0.4, 0.5) is 20.5 Å². The van der Waals surface area contributed by atoms with E-state index in [1.807, 2.05) is 4.90 Å². The molecule has 1 aromatic carbocycles. The number of nitrogen functional groups attached to an aromatic ring is 1. The number of nitrogens with two attached hydrogens (primary N) is 1. The SMILES string of the molecule is CCCCN(CCO)c1nc(N)nc2cn(Cc3c(F)cc(CN[C@@H]4CCOC4)cc3F)nc12. The Morgan fingerprint density at radius 3 is 2.74 bits per heavy atom. The summed E-state index contributed by atoms with van der Waals surface area (Å²) in [5, 5.41) is 17.3. The summed E-state index contributed by atoms with van der Waals surface area (Å²) in [5.41, 5.74) is 7.30. The number of aliphatic hydroxyl groups is 1. The number of rotatable bonds is 11. The summed E-state index contributed by atoms with van der Waals surface area (Å²) >= 11 is 0. The van der Waals surface area contributed by atoms with Gasteiger partial charge in [-0.25, -0.2) is 13.8 Å². The number of fused-ring (bicyclic) bond motifs is 1. The summed E-state index contributed by atoms with van der Waals surface area (Å²) in [4.78, 5) is 10.5. The van der Waals surface area contributed by atoms with Crippen molar-refractivity contribution >= 4 is 22.8 Å². The number of anilines is 2. The fourth-order valence-electron chi connectivity index (χ4n) is 4.08. The molecule has 0 saturated carbocycles. The zero-order valence-electron chi connectivity index (χ0n) is 19.3. The number of aliphatic hydroxyl groups excluding tert-OH is 1. The first-order valence-corrected chi connectivity index (χ1v) is 11.6. The quantitative estimate of drug-likeness (QED) is 0.387. The molecule has 0 radical (unpaired) electrons. The van der Waals surface area contributed by atoms with Crippen LogP contribution in [0.2, 0.25) is 0 Å². The van der Waals surface area contributed by atoms with E-state index < -0.39 is 11.6 Å². The molecule has 0 amide bonds. The van der Waals surface area contributed by atoms with Gasteiger partial charge in [0.15, 0.2) is 11.3 Å². The zero-order valence-corrected chi connectivity index (χ0v) is 19.3. The highest BCUT2D eigenvalue weighted by molar-refractivity contribution is 5.86. The Hall–Kier alpha value is -2.89. The molecule has 184 valence electrons. The van der Waals surface area contributed by atoms with Crippen LogP contribution in [-0.2, 0) is 17.8 Å². The first-order valence-electron chi connectivity index (χ1n) is 11.6. The molecule has 9 nitrogen and oxygen atoms in total. The molecule has 34 heavy (non-hydrogen) atoms. The van der Waals surface area contributed by atoms with E-state index in [1.54, 1.807) is 6.20 Å². The summed E-state index contributed by atoms with van der Waals surface area (Å²) in [5.74, 6) is -0.685. The predicted molar refractivity (Wildman–Crippen MR) is 125 cm³/mol. The van der Waals surface area contributed by atoms with Crippen molar-refractivity contribution in [2.24, 2.45) is 0 Å². The highest BCUT2D eigenvalue weighted by Crippen LogP contribution is 2.25. The van der Waals surface area contributed by atoms with Crippen molar-refractivity contribution in [3.05, 3.63) is 41.1 Å². The molecule has 0 aliphatic carbocycles. The average molecular weight is 476 g/mol. The van der Waals surface area contributed by atoms with Crippen LogP contribution in [0.3, 0.4) is 0 Å². The van der Waals surface area contributed by atoms with Crippen LogP contribution >= 0.6 is 0 Å². The fraction of sp³-hybridized carbons (Fsp3) is 0.522. The first-order chi connectivity index (χ1) is 16.5. The third-order valence-electron chi connectivity index (χ3n) is 5.91. The minimum absolute atomic E-state index is 0.0543. The zero-order chi connectivity index (χ0) is 24.1. The van der Waals surface area contributed by atoms with Crippen LogP contribution < -0.4 is 16.0 Å². The molecule has 1 aliphatic rings. The van der Waals surface area contributed by atoms with Crippen molar-refractivity contribution in [1.29, 1.82) is 0 Å². The molecule has 0 unspecified atom stereocenters. The van der Waals surface area contributed by atoms with Crippen LogP contribution in [0.5, 0.6) is 0 Å². The third kappa shape index (κ3) is 5.60. The maximum Gasteiger partial charge on any atom is 0.222 e. The number of nitrogens with zero attached hydrogens (tertiary/aromatic N) is 5. The van der Waals surface area contributed by atoms with Crippen LogP contribution in [0.15, 0.2) is 18.3 Å². The molecule has 4 N–H and O–H groups in total. The lowest BCUT2D eigenvalue weighted by atomic mass is 10.1. The lowest BCUT2D eigenvalue weighted by Gasteiger charge is -2.22. The Balaban J connectivity index is 1.57. The van der Waals surface area contributed by atoms with Crippen molar-refractivity contribution in [1.82, 2.24) is 25.1 Å². The monoisotopic (exact) mass is 475 g/mol. The molecule has 11 heteroatoms. The lowest BCUT2D eigenvalue weighted by Crippen LogP contribution is -2.29. The molecular formula is C23H31F2N7O2. The van der Waals surface area contributed by atoms with E-state index >= 15 is 0 Å². The summed E-state index contributed by atoms with van der Waals surface area (Å²) < 4.78 is 36.4. The Kier molecular flexibility index (Phi) is 7.86. The molecule has 1 aliphatic heterocycles. The van der Waals surface area contributed by atoms with E-state index in [2.05, 4.69) is 27.3 Å². The molecule has 1 fully saturated rings. The van der Waals surface area contributed by atoms with Gasteiger partial charge in [0, 0.05) is 37.8 Å². The lowest BCUT2D eigenvalue weighted by molar-refractivity contribution is 0.190. The minimum atomic E-state index is -0.630. The van der Waals surface area contributed by atoms with Gasteiger partial charge < -0.3 is 25.8 Å². The smallest absolute Gasteiger partial charge is 0.222 e. The highest BCUT2D eigenvalue weighted by atomic mass is 19.1. The van der Waals surface area contributed by atoms with Gasteiger partial charge in [0.25, 0.3) is 0 Å². The van der Waals surface area contributed by atoms with Gasteiger partial charge in [-0.3, -0.25) is 4.68 Å². The first kappa shape index (κ1) is 24.2. The number of halogens is 2. The van der Waals surface area contributed by atoms with Gasteiger partial charge in [-0.05, 0) is 30.5 Å². The Morgan fingerprint density at radius 2 is 2.06 bits per heavy atom. The van der Waals surface area contributed by atoms with E-state index in [1.165, 1.54) is 16.8 Å². The summed E-state index contributed by atoms with van der Waals surface area (Å²) in [6.07, 6.45) is 4.36. The summed E-state index contributed by atoms with van der Waals surface area (Å²) in [6.45, 7) is 4.62. The van der Waals surface area contributed by atoms with Gasteiger partial charge in [-0.1, -0.05) is 13.3 Å². The number of nitrogens with one attached hydrogen (secondary N) is 1. The normalized spacial score (nSPS) is 15.9. The Bertz CT molecular complexity index is 1100. The third-order valence-corrected chi connectivity index (χ3v) is 5.91. The van der Waals surface area contributed by atoms with Gasteiger partial charge in [0.05, 0.1) is 26.0 Å². The van der Waals surface area contributed by atoms with E-state index in [0.29, 0.717) is 55.3 Å². The van der Waals surface area contributed by atoms with E-state index in [-0.39, 0.29) is 30.7 Å². The highest BCUT2D eigenvalue weighted by Gasteiger charge is 2.19. The molecule has 4 rings (SSSR count). The fourth-order valence-corrected chi connectivity index (χ4v) is 4.08. The largest absolute Gasteiger partial charge is 0.395 e. The van der Waals surface area contributed by atoms with Gasteiger partial charge >= 0.3 is 0 Å². The van der Waals surface area contributed by atoms with Crippen molar-refractivity contribution < 1.29 is 18.6 Å². The van der Waals surface area contributed by atoms with Crippen LogP contribution in [0.1, 0.15) is 37.3 Å². The maximum atomic E-state index is 14.8. The molecular weight excluding hydrogens is 444 g/mol. The van der Waals surface area contributed by atoms with E-state index in [4.69, 9.17) is 10.5 Å². The molecule has 2 aromatic heterocycles. The molecule has 1 atom stereocenters. The molecule has 1 saturated heterocycles. The van der Waals surface area contributed by atoms with E-state index in [0.717, 1.165) is 19.3 Å². The molecule has 0 bridgehead atoms. The minimum Gasteiger partial charge on any atom is -0.395 e. The van der Waals surface area contributed by atoms with Gasteiger partial charge in [-0.15, -0.1) is 0 Å². The van der Waals surface area contributed by atoms with Crippen LogP contribution in [0, 0.1) is 11.6 Å². The van der Waals surface area contributed by atoms with Crippen molar-refractivity contribution in [2.45, 2.75) is 45.3 Å². The molecule has 3 heterocycles. The van der Waals surface area contributed by atoms with Crippen molar-refractivity contribution in [3.63, 3.8) is 0 Å². The summed E-state index contributed by atoms with van der Waals surface area (Å²) in [6, 6.07) is 2.90. The standard InChI is InChI=1S/C23H31F2N7O2/c1-2-3-5-31(6-7-33)22-21-20(28-23(26)29-22)13-32(30-21)12-17-18(24)9-15(10-19(17)25)11-27-16-4-8-34-14-16/h9-10,13,16,27,33H,2-8,11-12,14H2,1H3,(H2,26,28)/t16-/m1/s1. The summed E-state index contributed by atoms with van der Waals surface area (Å²) in [7, 11) is 0. The number of benzene rings is 1. The molecule has 3 aromatic rings. The number of aromatic nitrogens is 4. The second kappa shape index (κ2) is 11.0. The number of hydrogen-bond acceptors (Lipinski definition) is 8. The van der Waals surface area contributed by atoms with Gasteiger partial charge in [0.1, 0.15) is 17.2 Å². The van der Waals surface area contributed by atoms with Gasteiger partial charge in [-0.2, -0.15) is 10.1 Å². The number of hydrogen-bond donors (Lipinski definition) is 3. The predicted octanol–water partition coefficient (Wildman–Crippen LogP) is 2.21. The van der Waals surface area contributed by atoms with Gasteiger partial charge in [0.2, 0.25) is 5.95 Å². The van der Waals surface area contributed by atoms with Crippen LogP contribution in [-0.4, -0.2) is 63.8 Å². The van der Waals surface area contributed by atoms with E-state index in [9.17, 15) is 13.9 Å². The van der Waals surface area contributed by atoms with Crippen molar-refractivity contribution in [2.75, 3.05) is 43.5 Å².